The largest absolute Gasteiger partial charge is 0.497 e. The lowest BCUT2D eigenvalue weighted by atomic mass is 9.95. The van der Waals surface area contributed by atoms with Crippen LogP contribution < -0.4 is 9.47 Å². The third-order valence-corrected chi connectivity index (χ3v) is 6.03. The highest BCUT2D eigenvalue weighted by Crippen LogP contribution is 2.48. The molecule has 3 aromatic carbocycles. The van der Waals surface area contributed by atoms with E-state index in [0.717, 1.165) is 44.8 Å². The molecule has 0 saturated heterocycles. The zero-order valence-corrected chi connectivity index (χ0v) is 17.9. The summed E-state index contributed by atoms with van der Waals surface area (Å²) in [5.74, 6) is 1.74. The van der Waals surface area contributed by atoms with E-state index < -0.39 is 0 Å². The minimum Gasteiger partial charge on any atom is -0.497 e. The van der Waals surface area contributed by atoms with Gasteiger partial charge in [0.2, 0.25) is 6.23 Å². The zero-order valence-electron chi connectivity index (χ0n) is 16.3. The Bertz CT molecular complexity index is 1080. The van der Waals surface area contributed by atoms with Crippen molar-refractivity contribution in [2.75, 3.05) is 7.11 Å². The molecule has 0 fully saturated rings. The molecule has 0 aliphatic carbocycles. The highest BCUT2D eigenvalue weighted by molar-refractivity contribution is 9.10. The van der Waals surface area contributed by atoms with Gasteiger partial charge in [0.1, 0.15) is 11.5 Å². The molecule has 2 aliphatic heterocycles. The van der Waals surface area contributed by atoms with Gasteiger partial charge in [-0.3, -0.25) is 0 Å². The first kappa shape index (κ1) is 18.3. The molecule has 0 bridgehead atoms. The van der Waals surface area contributed by atoms with E-state index in [4.69, 9.17) is 14.6 Å². The maximum Gasteiger partial charge on any atom is 0.213 e. The Labute approximate surface area is 178 Å². The molecule has 5 heteroatoms. The molecule has 146 valence electrons. The summed E-state index contributed by atoms with van der Waals surface area (Å²) in [4.78, 5) is 0. The molecule has 0 aromatic heterocycles. The van der Waals surface area contributed by atoms with Crippen molar-refractivity contribution in [3.63, 3.8) is 0 Å². The van der Waals surface area contributed by atoms with Crippen molar-refractivity contribution < 1.29 is 9.47 Å². The first-order chi connectivity index (χ1) is 14.1. The molecule has 0 radical (unpaired) electrons. The third kappa shape index (κ3) is 3.29. The summed E-state index contributed by atoms with van der Waals surface area (Å²) in [6.45, 7) is 2.10. The van der Waals surface area contributed by atoms with Crippen LogP contribution in [0.5, 0.6) is 11.5 Å². The zero-order chi connectivity index (χ0) is 20.0. The summed E-state index contributed by atoms with van der Waals surface area (Å²) in [5, 5.41) is 7.12. The van der Waals surface area contributed by atoms with Gasteiger partial charge in [-0.1, -0.05) is 45.8 Å². The molecule has 29 heavy (non-hydrogen) atoms. The number of hydrazone groups is 1. The Kier molecular flexibility index (Phi) is 4.55. The summed E-state index contributed by atoms with van der Waals surface area (Å²) >= 11 is 3.61. The van der Waals surface area contributed by atoms with Crippen LogP contribution in [-0.2, 0) is 0 Å². The van der Waals surface area contributed by atoms with E-state index in [9.17, 15) is 0 Å². The molecule has 0 N–H and O–H groups in total. The average Bonchev–Trinajstić information content (AvgIpc) is 3.20. The first-order valence-electron chi connectivity index (χ1n) is 9.65. The van der Waals surface area contributed by atoms with Gasteiger partial charge < -0.3 is 9.47 Å². The van der Waals surface area contributed by atoms with Crippen LogP contribution in [0.1, 0.15) is 40.9 Å². The highest BCUT2D eigenvalue weighted by atomic mass is 79.9. The van der Waals surface area contributed by atoms with Gasteiger partial charge in [-0.25, -0.2) is 5.01 Å². The van der Waals surface area contributed by atoms with Crippen LogP contribution in [0.4, 0.5) is 0 Å². The van der Waals surface area contributed by atoms with Crippen LogP contribution in [0.3, 0.4) is 0 Å². The van der Waals surface area contributed by atoms with E-state index in [2.05, 4.69) is 58.2 Å². The molecule has 5 rings (SSSR count). The number of aryl methyl sites for hydroxylation is 1. The molecule has 3 aromatic rings. The number of nitrogens with zero attached hydrogens (tertiary/aromatic N) is 2. The van der Waals surface area contributed by atoms with Crippen LogP contribution in [0.2, 0.25) is 0 Å². The second-order valence-electron chi connectivity index (χ2n) is 7.44. The number of rotatable bonds is 3. The van der Waals surface area contributed by atoms with Crippen LogP contribution in [0.25, 0.3) is 0 Å². The Morgan fingerprint density at radius 2 is 1.79 bits per heavy atom. The second kappa shape index (κ2) is 7.23. The smallest absolute Gasteiger partial charge is 0.213 e. The Balaban J connectivity index is 1.58. The number of fused-ring (bicyclic) bond motifs is 3. The van der Waals surface area contributed by atoms with E-state index in [1.165, 1.54) is 5.56 Å². The van der Waals surface area contributed by atoms with Crippen LogP contribution in [-0.4, -0.2) is 17.8 Å². The van der Waals surface area contributed by atoms with E-state index in [-0.39, 0.29) is 12.3 Å². The molecular weight excluding hydrogens is 428 g/mol. The van der Waals surface area contributed by atoms with E-state index in [0.29, 0.717) is 0 Å². The summed E-state index contributed by atoms with van der Waals surface area (Å²) in [7, 11) is 1.68. The summed E-state index contributed by atoms with van der Waals surface area (Å²) < 4.78 is 12.8. The molecule has 4 nitrogen and oxygen atoms in total. The second-order valence-corrected chi connectivity index (χ2v) is 8.35. The SMILES string of the molecule is COc1ccc([C@H]2Oc3ccc(Br)cc3[C@@H]3CC(c4ccc(C)cc4)=NN23)cc1. The van der Waals surface area contributed by atoms with Crippen LogP contribution in [0, 0.1) is 6.92 Å². The van der Waals surface area contributed by atoms with Gasteiger partial charge in [0.15, 0.2) is 0 Å². The van der Waals surface area contributed by atoms with E-state index in [1.807, 2.05) is 36.4 Å². The molecule has 0 saturated carbocycles. The molecular formula is C24H21BrN2O2. The summed E-state index contributed by atoms with van der Waals surface area (Å²) in [5.41, 5.74) is 5.71. The molecule has 0 unspecified atom stereocenters. The number of ether oxygens (including phenoxy) is 2. The van der Waals surface area contributed by atoms with Gasteiger partial charge in [-0.2, -0.15) is 5.10 Å². The lowest BCUT2D eigenvalue weighted by Gasteiger charge is -2.38. The van der Waals surface area contributed by atoms with Crippen molar-refractivity contribution in [3.05, 3.63) is 93.5 Å². The molecule has 0 spiro atoms. The summed E-state index contributed by atoms with van der Waals surface area (Å²) in [6.07, 6.45) is 0.574. The van der Waals surface area contributed by atoms with E-state index in [1.54, 1.807) is 7.11 Å². The van der Waals surface area contributed by atoms with Crippen molar-refractivity contribution in [3.8, 4) is 11.5 Å². The van der Waals surface area contributed by atoms with Gasteiger partial charge in [0, 0.05) is 22.0 Å². The predicted octanol–water partition coefficient (Wildman–Crippen LogP) is 6.01. The number of hydrogen-bond acceptors (Lipinski definition) is 4. The normalized spacial score (nSPS) is 19.8. The molecule has 0 amide bonds. The van der Waals surface area contributed by atoms with Crippen molar-refractivity contribution in [1.29, 1.82) is 0 Å². The maximum atomic E-state index is 6.42. The topological polar surface area (TPSA) is 34.1 Å². The fourth-order valence-electron chi connectivity index (χ4n) is 3.97. The Morgan fingerprint density at radius 3 is 2.52 bits per heavy atom. The van der Waals surface area contributed by atoms with Gasteiger partial charge in [-0.15, -0.1) is 0 Å². The Hall–Kier alpha value is -2.79. The number of methoxy groups -OCH3 is 1. The highest BCUT2D eigenvalue weighted by Gasteiger charge is 2.41. The fourth-order valence-corrected chi connectivity index (χ4v) is 4.35. The van der Waals surface area contributed by atoms with E-state index >= 15 is 0 Å². The van der Waals surface area contributed by atoms with Crippen LogP contribution in [0.15, 0.2) is 76.3 Å². The number of halogens is 1. The number of hydrogen-bond donors (Lipinski definition) is 0. The van der Waals surface area contributed by atoms with Crippen molar-refractivity contribution in [2.45, 2.75) is 25.6 Å². The molecule has 2 aliphatic rings. The minimum absolute atomic E-state index is 0.139. The lowest BCUT2D eigenvalue weighted by Crippen LogP contribution is -2.33. The molecule has 2 atom stereocenters. The lowest BCUT2D eigenvalue weighted by molar-refractivity contribution is -0.0191. The van der Waals surface area contributed by atoms with Crippen molar-refractivity contribution >= 4 is 21.6 Å². The average molecular weight is 449 g/mol. The third-order valence-electron chi connectivity index (χ3n) is 5.54. The fraction of sp³-hybridized carbons (Fsp3) is 0.208. The first-order valence-corrected chi connectivity index (χ1v) is 10.4. The van der Waals surface area contributed by atoms with Gasteiger partial charge in [0.05, 0.1) is 18.9 Å². The maximum absolute atomic E-state index is 6.42. The molecule has 2 heterocycles. The van der Waals surface area contributed by atoms with Crippen molar-refractivity contribution in [1.82, 2.24) is 5.01 Å². The standard InChI is InChI=1S/C24H21BrN2O2/c1-15-3-5-16(6-4-15)21-14-22-20-13-18(25)9-12-23(20)29-24(27(22)26-21)17-7-10-19(28-2)11-8-17/h3-13,22,24H,14H2,1-2H3/t22-,24+/m0/s1. The van der Waals surface area contributed by atoms with Gasteiger partial charge in [-0.05, 0) is 55.0 Å². The Morgan fingerprint density at radius 1 is 1.03 bits per heavy atom. The monoisotopic (exact) mass is 448 g/mol. The quantitative estimate of drug-likeness (QED) is 0.491. The van der Waals surface area contributed by atoms with Gasteiger partial charge >= 0.3 is 0 Å². The minimum atomic E-state index is -0.275. The van der Waals surface area contributed by atoms with Gasteiger partial charge in [0.25, 0.3) is 0 Å². The van der Waals surface area contributed by atoms with Crippen LogP contribution >= 0.6 is 15.9 Å². The summed E-state index contributed by atoms with van der Waals surface area (Å²) in [6, 6.07) is 22.9. The predicted molar refractivity (Wildman–Crippen MR) is 117 cm³/mol. The number of benzene rings is 3. The van der Waals surface area contributed by atoms with Crippen molar-refractivity contribution in [2.24, 2.45) is 5.10 Å².